The third-order valence-corrected chi connectivity index (χ3v) is 3.55. The van der Waals surface area contributed by atoms with Gasteiger partial charge in [0.05, 0.1) is 11.3 Å². The van der Waals surface area contributed by atoms with E-state index in [0.717, 1.165) is 0 Å². The Morgan fingerprint density at radius 2 is 1.89 bits per heavy atom. The van der Waals surface area contributed by atoms with E-state index in [1.165, 1.54) is 25.3 Å². The van der Waals surface area contributed by atoms with E-state index < -0.39 is 10.1 Å². The molecule has 5 nitrogen and oxygen atoms in total. The molecule has 0 bridgehead atoms. The van der Waals surface area contributed by atoms with Gasteiger partial charge in [-0.25, -0.2) is 0 Å². The minimum absolute atomic E-state index is 0.0121. The Bertz CT molecular complexity index is 681. The van der Waals surface area contributed by atoms with Crippen LogP contribution in [0.5, 0.6) is 5.75 Å². The quantitative estimate of drug-likeness (QED) is 0.811. The maximum absolute atomic E-state index is 11.4. The molecule has 94 valence electrons. The summed E-state index contributed by atoms with van der Waals surface area (Å²) < 4.78 is 32.1. The molecule has 0 saturated heterocycles. The van der Waals surface area contributed by atoms with Crippen molar-refractivity contribution >= 4 is 10.1 Å². The zero-order valence-corrected chi connectivity index (χ0v) is 10.3. The van der Waals surface area contributed by atoms with Crippen LogP contribution < -0.4 is 0 Å². The van der Waals surface area contributed by atoms with Crippen molar-refractivity contribution in [3.63, 3.8) is 0 Å². The molecule has 1 aromatic carbocycles. The summed E-state index contributed by atoms with van der Waals surface area (Å²) in [6.45, 7) is 1.54. The molecule has 0 spiro atoms. The predicted molar refractivity (Wildman–Crippen MR) is 65.9 cm³/mol. The van der Waals surface area contributed by atoms with Crippen molar-refractivity contribution < 1.29 is 18.1 Å². The Labute approximate surface area is 104 Å². The highest BCUT2D eigenvalue weighted by atomic mass is 32.2. The Kier molecular flexibility index (Phi) is 3.06. The van der Waals surface area contributed by atoms with Crippen LogP contribution >= 0.6 is 0 Å². The van der Waals surface area contributed by atoms with Crippen molar-refractivity contribution in [3.05, 3.63) is 42.1 Å². The molecule has 6 heteroatoms. The van der Waals surface area contributed by atoms with Gasteiger partial charge in [0.15, 0.2) is 0 Å². The van der Waals surface area contributed by atoms with Crippen molar-refractivity contribution in [1.29, 1.82) is 0 Å². The summed E-state index contributed by atoms with van der Waals surface area (Å²) in [5.41, 5.74) is 0.639. The van der Waals surface area contributed by atoms with E-state index in [9.17, 15) is 18.1 Å². The lowest BCUT2D eigenvalue weighted by Gasteiger charge is -2.11. The summed E-state index contributed by atoms with van der Waals surface area (Å²) in [6, 6.07) is 7.68. The zero-order chi connectivity index (χ0) is 13.3. The lowest BCUT2D eigenvalue weighted by Crippen LogP contribution is -2.04. The summed E-state index contributed by atoms with van der Waals surface area (Å²) in [5, 5.41) is 9.82. The average Bonchev–Trinajstić information content (AvgIpc) is 2.31. The summed E-state index contributed by atoms with van der Waals surface area (Å²) in [4.78, 5) is 3.67. The minimum atomic E-state index is -4.43. The fraction of sp³-hybridized carbons (Fsp3) is 0.0833. The van der Waals surface area contributed by atoms with Gasteiger partial charge in [0.25, 0.3) is 10.1 Å². The number of hydrogen-bond acceptors (Lipinski definition) is 4. The molecule has 18 heavy (non-hydrogen) atoms. The van der Waals surface area contributed by atoms with Gasteiger partial charge in [-0.2, -0.15) is 8.42 Å². The molecular weight excluding hydrogens is 254 g/mol. The number of aromatic hydroxyl groups is 1. The standard InChI is InChI=1S/C12H11NO4S/c1-8-5-6-10(14)11(12(8)18(15,16)17)9-4-2-3-7-13-9/h2-7,14H,1H3,(H,15,16,17). The molecule has 0 fully saturated rings. The molecule has 1 heterocycles. The monoisotopic (exact) mass is 265 g/mol. The Morgan fingerprint density at radius 3 is 2.44 bits per heavy atom. The first-order chi connectivity index (χ1) is 8.41. The molecule has 1 aromatic heterocycles. The van der Waals surface area contributed by atoms with Gasteiger partial charge < -0.3 is 5.11 Å². The average molecular weight is 265 g/mol. The topological polar surface area (TPSA) is 87.5 Å². The number of phenolic OH excluding ortho intramolecular Hbond substituents is 1. The second kappa shape index (κ2) is 4.40. The van der Waals surface area contributed by atoms with Crippen LogP contribution in [0.15, 0.2) is 41.4 Å². The predicted octanol–water partition coefficient (Wildman–Crippen LogP) is 2.01. The molecule has 2 N–H and O–H groups in total. The van der Waals surface area contributed by atoms with E-state index in [4.69, 9.17) is 0 Å². The van der Waals surface area contributed by atoms with E-state index in [-0.39, 0.29) is 21.9 Å². The second-order valence-electron chi connectivity index (χ2n) is 3.80. The lowest BCUT2D eigenvalue weighted by atomic mass is 10.1. The van der Waals surface area contributed by atoms with Crippen molar-refractivity contribution in [2.45, 2.75) is 11.8 Å². The summed E-state index contributed by atoms with van der Waals surface area (Å²) in [6.07, 6.45) is 1.48. The van der Waals surface area contributed by atoms with Crippen LogP contribution in [-0.4, -0.2) is 23.1 Å². The first-order valence-electron chi connectivity index (χ1n) is 5.12. The van der Waals surface area contributed by atoms with Crippen molar-refractivity contribution in [3.8, 4) is 17.0 Å². The van der Waals surface area contributed by atoms with Gasteiger partial charge in [-0.15, -0.1) is 0 Å². The molecule has 0 amide bonds. The molecule has 0 atom stereocenters. The summed E-state index contributed by atoms with van der Waals surface area (Å²) in [7, 11) is -4.43. The Hall–Kier alpha value is -1.92. The summed E-state index contributed by atoms with van der Waals surface area (Å²) in [5.74, 6) is -0.244. The number of pyridine rings is 1. The van der Waals surface area contributed by atoms with Gasteiger partial charge >= 0.3 is 0 Å². The SMILES string of the molecule is Cc1ccc(O)c(-c2ccccn2)c1S(=O)(=O)O. The van der Waals surface area contributed by atoms with Gasteiger partial charge in [-0.05, 0) is 30.7 Å². The third-order valence-electron chi connectivity index (χ3n) is 2.51. The molecule has 0 unspecified atom stereocenters. The molecule has 2 rings (SSSR count). The maximum atomic E-state index is 11.4. The third kappa shape index (κ3) is 2.20. The largest absolute Gasteiger partial charge is 0.507 e. The van der Waals surface area contributed by atoms with Crippen LogP contribution in [0.3, 0.4) is 0 Å². The highest BCUT2D eigenvalue weighted by Gasteiger charge is 2.23. The number of aryl methyl sites for hydroxylation is 1. The first kappa shape index (κ1) is 12.5. The first-order valence-corrected chi connectivity index (χ1v) is 6.56. The number of nitrogens with zero attached hydrogens (tertiary/aromatic N) is 1. The number of hydrogen-bond donors (Lipinski definition) is 2. The van der Waals surface area contributed by atoms with Crippen molar-refractivity contribution in [2.75, 3.05) is 0 Å². The molecule has 0 radical (unpaired) electrons. The highest BCUT2D eigenvalue weighted by Crippen LogP contribution is 2.35. The summed E-state index contributed by atoms with van der Waals surface area (Å²) >= 11 is 0. The number of benzene rings is 1. The van der Waals surface area contributed by atoms with Gasteiger partial charge in [0.1, 0.15) is 10.6 Å². The Morgan fingerprint density at radius 1 is 1.17 bits per heavy atom. The lowest BCUT2D eigenvalue weighted by molar-refractivity contribution is 0.467. The molecule has 2 aromatic rings. The molecule has 0 aliphatic heterocycles. The van der Waals surface area contributed by atoms with Crippen LogP contribution in [0.25, 0.3) is 11.3 Å². The van der Waals surface area contributed by atoms with Crippen LogP contribution in [0.4, 0.5) is 0 Å². The molecule has 0 saturated carbocycles. The van der Waals surface area contributed by atoms with Crippen molar-refractivity contribution in [1.82, 2.24) is 4.98 Å². The van der Waals surface area contributed by atoms with E-state index >= 15 is 0 Å². The van der Waals surface area contributed by atoms with Crippen molar-refractivity contribution in [2.24, 2.45) is 0 Å². The maximum Gasteiger partial charge on any atom is 0.295 e. The minimum Gasteiger partial charge on any atom is -0.507 e. The Balaban J connectivity index is 2.86. The van der Waals surface area contributed by atoms with E-state index in [1.807, 2.05) is 0 Å². The second-order valence-corrected chi connectivity index (χ2v) is 5.15. The van der Waals surface area contributed by atoms with Crippen LogP contribution in [0.2, 0.25) is 0 Å². The smallest absolute Gasteiger partial charge is 0.295 e. The van der Waals surface area contributed by atoms with Crippen LogP contribution in [0.1, 0.15) is 5.56 Å². The van der Waals surface area contributed by atoms with Crippen LogP contribution in [0, 0.1) is 6.92 Å². The van der Waals surface area contributed by atoms with Gasteiger partial charge in [-0.3, -0.25) is 9.54 Å². The van der Waals surface area contributed by atoms with Gasteiger partial charge in [0.2, 0.25) is 0 Å². The number of aromatic nitrogens is 1. The zero-order valence-electron chi connectivity index (χ0n) is 9.53. The van der Waals surface area contributed by atoms with Gasteiger partial charge in [0, 0.05) is 6.20 Å². The van der Waals surface area contributed by atoms with E-state index in [0.29, 0.717) is 5.56 Å². The molecule has 0 aliphatic rings. The molecule has 0 aliphatic carbocycles. The number of phenols is 1. The fourth-order valence-electron chi connectivity index (χ4n) is 1.77. The van der Waals surface area contributed by atoms with Gasteiger partial charge in [-0.1, -0.05) is 12.1 Å². The fourth-order valence-corrected chi connectivity index (χ4v) is 2.71. The van der Waals surface area contributed by atoms with E-state index in [1.54, 1.807) is 18.2 Å². The van der Waals surface area contributed by atoms with Crippen LogP contribution in [-0.2, 0) is 10.1 Å². The van der Waals surface area contributed by atoms with E-state index in [2.05, 4.69) is 4.98 Å². The normalized spacial score (nSPS) is 11.4. The number of rotatable bonds is 2. The highest BCUT2D eigenvalue weighted by molar-refractivity contribution is 7.86. The molecular formula is C12H11NO4S.